The number of nitrogens with zero attached hydrogens (tertiary/aromatic N) is 4. The first kappa shape index (κ1) is 22.6. The molecule has 0 aliphatic carbocycles. The lowest BCUT2D eigenvalue weighted by atomic mass is 9.85. The Morgan fingerprint density at radius 1 is 1.25 bits per heavy atom. The molecule has 3 atom stereocenters. The van der Waals surface area contributed by atoms with Crippen molar-refractivity contribution in [1.29, 1.82) is 0 Å². The van der Waals surface area contributed by atoms with E-state index in [0.29, 0.717) is 30.2 Å². The average molecular weight is 450 g/mol. The van der Waals surface area contributed by atoms with E-state index in [9.17, 15) is 18.0 Å². The highest BCUT2D eigenvalue weighted by atomic mass is 19.4. The molecule has 32 heavy (non-hydrogen) atoms. The number of piperidine rings is 1. The summed E-state index contributed by atoms with van der Waals surface area (Å²) in [7, 11) is 0. The SMILES string of the molecule is Cc1cnccc1C(=O)N1CCC[C@H]([C@@H]2C[C@H](C(F)(F)F)n3nc(C(C)(C)C)cc3N2)C1. The van der Waals surface area contributed by atoms with Gasteiger partial charge in [-0.1, -0.05) is 20.8 Å². The molecular weight excluding hydrogens is 419 g/mol. The molecule has 0 aromatic carbocycles. The molecule has 0 bridgehead atoms. The van der Waals surface area contributed by atoms with E-state index in [0.717, 1.165) is 23.1 Å². The smallest absolute Gasteiger partial charge is 0.367 e. The van der Waals surface area contributed by atoms with Crippen LogP contribution in [0.3, 0.4) is 0 Å². The average Bonchev–Trinajstić information content (AvgIpc) is 3.17. The van der Waals surface area contributed by atoms with E-state index in [2.05, 4.69) is 15.4 Å². The van der Waals surface area contributed by atoms with Crippen molar-refractivity contribution in [3.63, 3.8) is 0 Å². The quantitative estimate of drug-likeness (QED) is 0.721. The Labute approximate surface area is 186 Å². The van der Waals surface area contributed by atoms with Gasteiger partial charge in [0.2, 0.25) is 0 Å². The molecule has 6 nitrogen and oxygen atoms in total. The van der Waals surface area contributed by atoms with Gasteiger partial charge in [-0.25, -0.2) is 4.68 Å². The molecule has 174 valence electrons. The standard InChI is InChI=1S/C23H30F3N5O/c1-14-12-27-8-7-16(14)21(32)30-9-5-6-15(13-30)17-10-19(23(24,25)26)31-20(28-17)11-18(29-31)22(2,3)4/h7-8,11-12,15,17,19,28H,5-6,9-10,13H2,1-4H3/t15-,17-,19+/m0/s1. The van der Waals surface area contributed by atoms with Crippen molar-refractivity contribution in [3.05, 3.63) is 41.3 Å². The van der Waals surface area contributed by atoms with Gasteiger partial charge in [-0.15, -0.1) is 0 Å². The minimum Gasteiger partial charge on any atom is -0.367 e. The van der Waals surface area contributed by atoms with Crippen LogP contribution in [0.4, 0.5) is 19.0 Å². The number of carbonyl (C=O) groups is 1. The minimum absolute atomic E-state index is 0.0681. The zero-order chi connectivity index (χ0) is 23.3. The fraction of sp³-hybridized carbons (Fsp3) is 0.609. The summed E-state index contributed by atoms with van der Waals surface area (Å²) in [6, 6.07) is 1.38. The van der Waals surface area contributed by atoms with Crippen LogP contribution in [-0.4, -0.2) is 50.9 Å². The minimum atomic E-state index is -4.39. The van der Waals surface area contributed by atoms with Crippen molar-refractivity contribution in [2.75, 3.05) is 18.4 Å². The number of aromatic nitrogens is 3. The molecule has 0 spiro atoms. The number of hydrogen-bond acceptors (Lipinski definition) is 4. The molecule has 2 aliphatic heterocycles. The van der Waals surface area contributed by atoms with E-state index in [1.165, 1.54) is 0 Å². The van der Waals surface area contributed by atoms with Gasteiger partial charge in [0.15, 0.2) is 6.04 Å². The number of fused-ring (bicyclic) bond motifs is 1. The second-order valence-electron chi connectivity index (χ2n) is 10.00. The first-order valence-corrected chi connectivity index (χ1v) is 11.1. The van der Waals surface area contributed by atoms with Crippen molar-refractivity contribution in [2.24, 2.45) is 5.92 Å². The molecule has 0 saturated carbocycles. The van der Waals surface area contributed by atoms with Crippen LogP contribution in [0.2, 0.25) is 0 Å². The fourth-order valence-corrected chi connectivity index (χ4v) is 4.68. The number of alkyl halides is 3. The highest BCUT2D eigenvalue weighted by Crippen LogP contribution is 2.43. The number of nitrogens with one attached hydrogen (secondary N) is 1. The topological polar surface area (TPSA) is 63.1 Å². The van der Waals surface area contributed by atoms with Gasteiger partial charge in [0.25, 0.3) is 5.91 Å². The molecule has 1 N–H and O–H groups in total. The maximum Gasteiger partial charge on any atom is 0.410 e. The zero-order valence-electron chi connectivity index (χ0n) is 18.9. The summed E-state index contributed by atoms with van der Waals surface area (Å²) in [5.41, 5.74) is 1.67. The predicted octanol–water partition coefficient (Wildman–Crippen LogP) is 4.72. The molecule has 9 heteroatoms. The molecule has 2 aromatic heterocycles. The Morgan fingerprint density at radius 3 is 2.66 bits per heavy atom. The summed E-state index contributed by atoms with van der Waals surface area (Å²) >= 11 is 0. The molecular formula is C23H30F3N5O. The first-order chi connectivity index (χ1) is 14.9. The van der Waals surface area contributed by atoms with Crippen molar-refractivity contribution >= 4 is 11.7 Å². The van der Waals surface area contributed by atoms with Crippen molar-refractivity contribution in [3.8, 4) is 0 Å². The van der Waals surface area contributed by atoms with Crippen LogP contribution in [0, 0.1) is 12.8 Å². The largest absolute Gasteiger partial charge is 0.410 e. The Bertz CT molecular complexity index is 994. The Hall–Kier alpha value is -2.58. The summed E-state index contributed by atoms with van der Waals surface area (Å²) in [5.74, 6) is 0.251. The van der Waals surface area contributed by atoms with Crippen molar-refractivity contribution in [2.45, 2.75) is 70.6 Å². The third-order valence-electron chi connectivity index (χ3n) is 6.55. The van der Waals surface area contributed by atoms with Gasteiger partial charge in [0.1, 0.15) is 5.82 Å². The number of aryl methyl sites for hydroxylation is 1. The van der Waals surface area contributed by atoms with Crippen LogP contribution in [0.1, 0.15) is 67.7 Å². The van der Waals surface area contributed by atoms with Crippen LogP contribution in [0.5, 0.6) is 0 Å². The number of pyridine rings is 1. The number of amides is 1. The monoisotopic (exact) mass is 449 g/mol. The molecule has 1 amide bonds. The van der Waals surface area contributed by atoms with E-state index in [1.54, 1.807) is 29.4 Å². The number of halogens is 3. The maximum atomic E-state index is 14.0. The van der Waals surface area contributed by atoms with Crippen LogP contribution >= 0.6 is 0 Å². The number of hydrogen-bond donors (Lipinski definition) is 1. The molecule has 4 heterocycles. The summed E-state index contributed by atoms with van der Waals surface area (Å²) in [5, 5.41) is 7.63. The Morgan fingerprint density at radius 2 is 2.00 bits per heavy atom. The first-order valence-electron chi connectivity index (χ1n) is 11.1. The predicted molar refractivity (Wildman–Crippen MR) is 116 cm³/mol. The Balaban J connectivity index is 1.57. The molecule has 2 aliphatic rings. The summed E-state index contributed by atoms with van der Waals surface area (Å²) in [6.07, 6.45) is 0.298. The lowest BCUT2D eigenvalue weighted by Gasteiger charge is -2.41. The number of likely N-dealkylation sites (tertiary alicyclic amines) is 1. The van der Waals surface area contributed by atoms with E-state index in [-0.39, 0.29) is 29.7 Å². The number of rotatable bonds is 2. The summed E-state index contributed by atoms with van der Waals surface area (Å²) in [4.78, 5) is 18.9. The lowest BCUT2D eigenvalue weighted by Crippen LogP contribution is -2.49. The molecule has 1 saturated heterocycles. The summed E-state index contributed by atoms with van der Waals surface area (Å²) in [6.45, 7) is 8.70. The van der Waals surface area contributed by atoms with Gasteiger partial charge in [-0.05, 0) is 43.7 Å². The Kier molecular flexibility index (Phi) is 5.71. The fourth-order valence-electron chi connectivity index (χ4n) is 4.68. The normalized spacial score (nSPS) is 24.1. The van der Waals surface area contributed by atoms with Gasteiger partial charge < -0.3 is 10.2 Å². The van der Waals surface area contributed by atoms with Crippen LogP contribution in [0.25, 0.3) is 0 Å². The second kappa shape index (κ2) is 8.08. The van der Waals surface area contributed by atoms with E-state index < -0.39 is 12.2 Å². The number of carbonyl (C=O) groups excluding carboxylic acids is 1. The third kappa shape index (κ3) is 4.34. The molecule has 2 aromatic rings. The molecule has 1 fully saturated rings. The number of anilines is 1. The van der Waals surface area contributed by atoms with Crippen LogP contribution < -0.4 is 5.32 Å². The van der Waals surface area contributed by atoms with Gasteiger partial charge in [-0.3, -0.25) is 9.78 Å². The highest BCUT2D eigenvalue weighted by Gasteiger charge is 2.48. The molecule has 4 rings (SSSR count). The van der Waals surface area contributed by atoms with E-state index in [4.69, 9.17) is 0 Å². The van der Waals surface area contributed by atoms with Crippen LogP contribution in [0.15, 0.2) is 24.5 Å². The second-order valence-corrected chi connectivity index (χ2v) is 10.00. The highest BCUT2D eigenvalue weighted by molar-refractivity contribution is 5.95. The van der Waals surface area contributed by atoms with Gasteiger partial charge in [-0.2, -0.15) is 18.3 Å². The maximum absolute atomic E-state index is 14.0. The van der Waals surface area contributed by atoms with Crippen LogP contribution in [-0.2, 0) is 5.41 Å². The summed E-state index contributed by atoms with van der Waals surface area (Å²) < 4.78 is 43.0. The van der Waals surface area contributed by atoms with Gasteiger partial charge in [0, 0.05) is 48.6 Å². The zero-order valence-corrected chi connectivity index (χ0v) is 18.9. The van der Waals surface area contributed by atoms with Gasteiger partial charge in [0.05, 0.1) is 5.69 Å². The third-order valence-corrected chi connectivity index (χ3v) is 6.55. The van der Waals surface area contributed by atoms with Gasteiger partial charge >= 0.3 is 6.18 Å². The van der Waals surface area contributed by atoms with Crippen molar-refractivity contribution < 1.29 is 18.0 Å². The lowest BCUT2D eigenvalue weighted by molar-refractivity contribution is -0.174. The van der Waals surface area contributed by atoms with Crippen molar-refractivity contribution in [1.82, 2.24) is 19.7 Å². The molecule has 0 radical (unpaired) electrons. The molecule has 0 unspecified atom stereocenters. The van der Waals surface area contributed by atoms with E-state index in [1.807, 2.05) is 27.7 Å². The van der Waals surface area contributed by atoms with E-state index >= 15 is 0 Å².